The zero-order valence-electron chi connectivity index (χ0n) is 13.1. The number of fused-ring (bicyclic) bond motifs is 1. The molecule has 3 rings (SSSR count). The minimum Gasteiger partial charge on any atom is -0.339 e. The van der Waals surface area contributed by atoms with Crippen LogP contribution in [0.25, 0.3) is 10.9 Å². The fourth-order valence-corrected chi connectivity index (χ4v) is 2.29. The van der Waals surface area contributed by atoms with Crippen LogP contribution >= 0.6 is 0 Å². The van der Waals surface area contributed by atoms with Gasteiger partial charge in [0, 0.05) is 17.1 Å². The molecule has 0 radical (unpaired) electrons. The molecule has 6 nitrogen and oxygen atoms in total. The number of aromatic nitrogens is 2. The molecule has 1 heterocycles. The predicted molar refractivity (Wildman–Crippen MR) is 88.0 cm³/mol. The number of para-hydroxylation sites is 1. The Morgan fingerprint density at radius 3 is 2.64 bits per heavy atom. The van der Waals surface area contributed by atoms with E-state index in [4.69, 9.17) is 0 Å². The third kappa shape index (κ3) is 3.47. The molecule has 8 heteroatoms. The highest BCUT2D eigenvalue weighted by molar-refractivity contribution is 6.06. The molecule has 25 heavy (non-hydrogen) atoms. The summed E-state index contributed by atoms with van der Waals surface area (Å²) in [5, 5.41) is 12.2. The van der Waals surface area contributed by atoms with Gasteiger partial charge in [0.05, 0.1) is 5.52 Å². The van der Waals surface area contributed by atoms with E-state index < -0.39 is 29.5 Å². The summed E-state index contributed by atoms with van der Waals surface area (Å²) in [7, 11) is 0. The fourth-order valence-electron chi connectivity index (χ4n) is 2.29. The van der Waals surface area contributed by atoms with E-state index >= 15 is 0 Å². The van der Waals surface area contributed by atoms with Crippen LogP contribution in [-0.2, 0) is 4.79 Å². The highest BCUT2D eigenvalue weighted by Gasteiger charge is 2.20. The highest BCUT2D eigenvalue weighted by atomic mass is 19.2. The molecule has 128 valence electrons. The number of hydrogen-bond donors (Lipinski definition) is 3. The van der Waals surface area contributed by atoms with Crippen molar-refractivity contribution >= 4 is 28.4 Å². The second kappa shape index (κ2) is 6.68. The van der Waals surface area contributed by atoms with Crippen LogP contribution in [0.3, 0.4) is 0 Å². The predicted octanol–water partition coefficient (Wildman–Crippen LogP) is 2.60. The number of hydrogen-bond acceptors (Lipinski definition) is 3. The van der Waals surface area contributed by atoms with Crippen LogP contribution in [0.2, 0.25) is 0 Å². The largest absolute Gasteiger partial charge is 0.339 e. The number of halogens is 2. The Labute approximate surface area is 141 Å². The molecule has 1 atom stereocenters. The van der Waals surface area contributed by atoms with E-state index in [-0.39, 0.29) is 11.4 Å². The number of nitrogens with one attached hydrogen (secondary N) is 3. The van der Waals surface area contributed by atoms with E-state index in [0.29, 0.717) is 10.9 Å². The lowest BCUT2D eigenvalue weighted by Gasteiger charge is -2.13. The van der Waals surface area contributed by atoms with Crippen LogP contribution in [0.15, 0.2) is 42.5 Å². The van der Waals surface area contributed by atoms with Crippen molar-refractivity contribution in [1.29, 1.82) is 0 Å². The van der Waals surface area contributed by atoms with Crippen LogP contribution in [0.4, 0.5) is 14.5 Å². The number of carbonyl (C=O) groups is 2. The number of rotatable bonds is 4. The lowest BCUT2D eigenvalue weighted by molar-refractivity contribution is -0.117. The first-order chi connectivity index (χ1) is 12.0. The minimum absolute atomic E-state index is 0.0928. The normalized spacial score (nSPS) is 12.0. The van der Waals surface area contributed by atoms with Gasteiger partial charge in [0.2, 0.25) is 5.91 Å². The molecule has 3 aromatic rings. The van der Waals surface area contributed by atoms with Gasteiger partial charge in [-0.3, -0.25) is 14.7 Å². The molecular weight excluding hydrogens is 330 g/mol. The Hall–Kier alpha value is -3.29. The molecule has 2 amide bonds. The van der Waals surface area contributed by atoms with Crippen LogP contribution in [0.1, 0.15) is 17.4 Å². The van der Waals surface area contributed by atoms with Crippen LogP contribution in [0, 0.1) is 11.6 Å². The molecule has 0 saturated carbocycles. The van der Waals surface area contributed by atoms with Crippen molar-refractivity contribution in [3.05, 3.63) is 59.8 Å². The summed E-state index contributed by atoms with van der Waals surface area (Å²) in [6.07, 6.45) is 0. The second-order valence-electron chi connectivity index (χ2n) is 5.43. The summed E-state index contributed by atoms with van der Waals surface area (Å²) in [6, 6.07) is 9.18. The number of nitrogens with zero attached hydrogens (tertiary/aromatic N) is 1. The molecule has 0 aliphatic heterocycles. The van der Waals surface area contributed by atoms with E-state index in [9.17, 15) is 18.4 Å². The molecule has 2 aromatic carbocycles. The Morgan fingerprint density at radius 1 is 1.12 bits per heavy atom. The number of anilines is 1. The quantitative estimate of drug-likeness (QED) is 0.680. The first-order valence-corrected chi connectivity index (χ1v) is 7.45. The van der Waals surface area contributed by atoms with Gasteiger partial charge >= 0.3 is 0 Å². The van der Waals surface area contributed by atoms with E-state index in [1.807, 2.05) is 0 Å². The maximum absolute atomic E-state index is 13.2. The summed E-state index contributed by atoms with van der Waals surface area (Å²) in [5.41, 5.74) is 0.963. The van der Waals surface area contributed by atoms with Gasteiger partial charge < -0.3 is 10.6 Å². The number of H-pyrrole nitrogens is 1. The Bertz CT molecular complexity index is 955. The van der Waals surface area contributed by atoms with Crippen molar-refractivity contribution in [2.24, 2.45) is 0 Å². The van der Waals surface area contributed by atoms with E-state index in [1.165, 1.54) is 13.0 Å². The zero-order valence-corrected chi connectivity index (χ0v) is 13.1. The summed E-state index contributed by atoms with van der Waals surface area (Å²) in [5.74, 6) is -3.17. The first kappa shape index (κ1) is 16.6. The molecule has 0 fully saturated rings. The smallest absolute Gasteiger partial charge is 0.273 e. The monoisotopic (exact) mass is 344 g/mol. The maximum atomic E-state index is 13.2. The molecular formula is C17H14F2N4O2. The lowest BCUT2D eigenvalue weighted by atomic mass is 10.2. The van der Waals surface area contributed by atoms with Gasteiger partial charge in [-0.2, -0.15) is 5.10 Å². The van der Waals surface area contributed by atoms with Crippen LogP contribution in [-0.4, -0.2) is 28.1 Å². The highest BCUT2D eigenvalue weighted by Crippen LogP contribution is 2.16. The number of benzene rings is 2. The standard InChI is InChI=1S/C17H14F2N4O2/c1-9(16(24)21-10-6-7-12(18)13(19)8-10)20-17(25)15-11-4-2-3-5-14(11)22-23-15/h2-9H,1H3,(H,20,25)(H,21,24)(H,22,23). The molecule has 0 saturated heterocycles. The zero-order chi connectivity index (χ0) is 18.0. The first-order valence-electron chi connectivity index (χ1n) is 7.45. The third-order valence-electron chi connectivity index (χ3n) is 3.61. The Balaban J connectivity index is 1.68. The van der Waals surface area contributed by atoms with Crippen molar-refractivity contribution in [3.8, 4) is 0 Å². The lowest BCUT2D eigenvalue weighted by Crippen LogP contribution is -2.41. The van der Waals surface area contributed by atoms with Gasteiger partial charge in [-0.1, -0.05) is 18.2 Å². The van der Waals surface area contributed by atoms with E-state index in [0.717, 1.165) is 12.1 Å². The van der Waals surface area contributed by atoms with Gasteiger partial charge in [-0.15, -0.1) is 0 Å². The van der Waals surface area contributed by atoms with E-state index in [1.54, 1.807) is 24.3 Å². The van der Waals surface area contributed by atoms with Gasteiger partial charge in [0.15, 0.2) is 17.3 Å². The van der Waals surface area contributed by atoms with Gasteiger partial charge in [-0.05, 0) is 25.1 Å². The summed E-state index contributed by atoms with van der Waals surface area (Å²) in [6.45, 7) is 1.47. The number of aromatic amines is 1. The average molecular weight is 344 g/mol. The molecule has 1 aromatic heterocycles. The van der Waals surface area contributed by atoms with Gasteiger partial charge in [0.25, 0.3) is 5.91 Å². The van der Waals surface area contributed by atoms with Crippen LogP contribution < -0.4 is 10.6 Å². The molecule has 3 N–H and O–H groups in total. The number of carbonyl (C=O) groups excluding carboxylic acids is 2. The second-order valence-corrected chi connectivity index (χ2v) is 5.43. The molecule has 0 aliphatic rings. The summed E-state index contributed by atoms with van der Waals surface area (Å²) >= 11 is 0. The third-order valence-corrected chi connectivity index (χ3v) is 3.61. The topological polar surface area (TPSA) is 86.9 Å². The molecule has 0 spiro atoms. The van der Waals surface area contributed by atoms with Crippen molar-refractivity contribution < 1.29 is 18.4 Å². The van der Waals surface area contributed by atoms with Crippen LogP contribution in [0.5, 0.6) is 0 Å². The van der Waals surface area contributed by atoms with Gasteiger partial charge in [0.1, 0.15) is 6.04 Å². The van der Waals surface area contributed by atoms with Crippen molar-refractivity contribution in [2.75, 3.05) is 5.32 Å². The molecule has 0 aliphatic carbocycles. The molecule has 0 bridgehead atoms. The SMILES string of the molecule is CC(NC(=O)c1n[nH]c2ccccc12)C(=O)Nc1ccc(F)c(F)c1. The molecule has 1 unspecified atom stereocenters. The minimum atomic E-state index is -1.07. The Kier molecular flexibility index (Phi) is 4.42. The maximum Gasteiger partial charge on any atom is 0.273 e. The van der Waals surface area contributed by atoms with Gasteiger partial charge in [-0.25, -0.2) is 8.78 Å². The fraction of sp³-hybridized carbons (Fsp3) is 0.118. The van der Waals surface area contributed by atoms with Crippen molar-refractivity contribution in [2.45, 2.75) is 13.0 Å². The Morgan fingerprint density at radius 2 is 1.88 bits per heavy atom. The van der Waals surface area contributed by atoms with Crippen molar-refractivity contribution in [1.82, 2.24) is 15.5 Å². The van der Waals surface area contributed by atoms with E-state index in [2.05, 4.69) is 20.8 Å². The van der Waals surface area contributed by atoms with Crippen molar-refractivity contribution in [3.63, 3.8) is 0 Å². The summed E-state index contributed by atoms with van der Waals surface area (Å²) < 4.78 is 26.1. The number of amides is 2. The summed E-state index contributed by atoms with van der Waals surface area (Å²) in [4.78, 5) is 24.4. The average Bonchev–Trinajstić information content (AvgIpc) is 3.02.